The van der Waals surface area contributed by atoms with Crippen LogP contribution in [0.2, 0.25) is 5.02 Å². The third kappa shape index (κ3) is 1.63. The second-order valence-electron chi connectivity index (χ2n) is 3.46. The van der Waals surface area contributed by atoms with Crippen LogP contribution in [0.25, 0.3) is 5.82 Å². The lowest BCUT2D eigenvalue weighted by Gasteiger charge is -2.04. The van der Waals surface area contributed by atoms with E-state index in [1.807, 2.05) is 0 Å². The first-order valence-corrected chi connectivity index (χ1v) is 5.01. The Balaban J connectivity index is 2.63. The second-order valence-corrected chi connectivity index (χ2v) is 3.89. The van der Waals surface area contributed by atoms with Gasteiger partial charge in [-0.1, -0.05) is 11.6 Å². The first kappa shape index (κ1) is 10.9. The Morgan fingerprint density at radius 3 is 2.62 bits per heavy atom. The third-order valence-electron chi connectivity index (χ3n) is 2.34. The zero-order chi connectivity index (χ0) is 11.9. The van der Waals surface area contributed by atoms with Gasteiger partial charge in [-0.05, 0) is 19.9 Å². The van der Waals surface area contributed by atoms with Crippen molar-refractivity contribution in [2.75, 3.05) is 5.73 Å². The lowest BCUT2D eigenvalue weighted by atomic mass is 10.3. The quantitative estimate of drug-likeness (QED) is 0.832. The van der Waals surface area contributed by atoms with E-state index in [0.29, 0.717) is 17.1 Å². The maximum Gasteiger partial charge on any atom is 0.190 e. The van der Waals surface area contributed by atoms with Crippen molar-refractivity contribution in [1.82, 2.24) is 14.8 Å². The van der Waals surface area contributed by atoms with Crippen molar-refractivity contribution in [3.8, 4) is 5.82 Å². The fraction of sp³-hybridized carbons (Fsp3) is 0.200. The van der Waals surface area contributed by atoms with Crippen molar-refractivity contribution in [2.45, 2.75) is 13.8 Å². The highest BCUT2D eigenvalue weighted by atomic mass is 35.5. The first-order valence-electron chi connectivity index (χ1n) is 4.64. The highest BCUT2D eigenvalue weighted by Crippen LogP contribution is 2.21. The van der Waals surface area contributed by atoms with Gasteiger partial charge < -0.3 is 5.73 Å². The van der Waals surface area contributed by atoms with Crippen LogP contribution >= 0.6 is 11.6 Å². The summed E-state index contributed by atoms with van der Waals surface area (Å²) < 4.78 is 15.0. The summed E-state index contributed by atoms with van der Waals surface area (Å²) in [6.07, 6.45) is 1.37. The van der Waals surface area contributed by atoms with Gasteiger partial charge in [0.15, 0.2) is 11.6 Å². The highest BCUT2D eigenvalue weighted by Gasteiger charge is 2.14. The Hall–Kier alpha value is -1.62. The predicted octanol–water partition coefficient (Wildman–Crippen LogP) is 2.26. The number of nitrogen functional groups attached to an aromatic ring is 1. The molecule has 0 amide bonds. The fourth-order valence-corrected chi connectivity index (χ4v) is 1.57. The Kier molecular flexibility index (Phi) is 2.55. The molecule has 2 aromatic rings. The molecule has 16 heavy (non-hydrogen) atoms. The average Bonchev–Trinajstić information content (AvgIpc) is 2.46. The van der Waals surface area contributed by atoms with Crippen LogP contribution in [0.15, 0.2) is 12.3 Å². The molecule has 0 radical (unpaired) electrons. The van der Waals surface area contributed by atoms with E-state index in [0.717, 1.165) is 0 Å². The Labute approximate surface area is 96.9 Å². The van der Waals surface area contributed by atoms with Crippen LogP contribution in [-0.2, 0) is 0 Å². The molecule has 0 fully saturated rings. The van der Waals surface area contributed by atoms with Gasteiger partial charge in [0.1, 0.15) is 0 Å². The molecule has 0 aromatic carbocycles. The standard InChI is InChI=1S/C10H10ClFN4/c1-5-9(13)6(2)16(15-5)10-8(12)3-7(11)4-14-10/h3-4H,13H2,1-2H3. The highest BCUT2D eigenvalue weighted by molar-refractivity contribution is 6.30. The van der Waals surface area contributed by atoms with Crippen molar-refractivity contribution < 1.29 is 4.39 Å². The lowest BCUT2D eigenvalue weighted by Crippen LogP contribution is -2.05. The minimum absolute atomic E-state index is 0.0988. The topological polar surface area (TPSA) is 56.7 Å². The summed E-state index contributed by atoms with van der Waals surface area (Å²) >= 11 is 5.62. The zero-order valence-electron chi connectivity index (χ0n) is 8.83. The number of nitrogens with two attached hydrogens (primary N) is 1. The smallest absolute Gasteiger partial charge is 0.190 e. The molecular weight excluding hydrogens is 231 g/mol. The van der Waals surface area contributed by atoms with Gasteiger partial charge in [-0.2, -0.15) is 5.10 Å². The molecule has 2 rings (SSSR count). The largest absolute Gasteiger partial charge is 0.396 e. The van der Waals surface area contributed by atoms with Gasteiger partial charge in [-0.3, -0.25) is 0 Å². The van der Waals surface area contributed by atoms with Crippen molar-refractivity contribution in [2.24, 2.45) is 0 Å². The van der Waals surface area contributed by atoms with Crippen molar-refractivity contribution >= 4 is 17.3 Å². The van der Waals surface area contributed by atoms with E-state index in [1.165, 1.54) is 16.9 Å². The van der Waals surface area contributed by atoms with Crippen LogP contribution in [-0.4, -0.2) is 14.8 Å². The molecule has 2 aromatic heterocycles. The number of aromatic nitrogens is 3. The van der Waals surface area contributed by atoms with Gasteiger partial charge in [0.05, 0.1) is 22.1 Å². The van der Waals surface area contributed by atoms with E-state index < -0.39 is 5.82 Å². The summed E-state index contributed by atoms with van der Waals surface area (Å²) in [6.45, 7) is 3.51. The van der Waals surface area contributed by atoms with Gasteiger partial charge in [0.2, 0.25) is 0 Å². The van der Waals surface area contributed by atoms with Crippen LogP contribution < -0.4 is 5.73 Å². The number of hydrogen-bond acceptors (Lipinski definition) is 3. The van der Waals surface area contributed by atoms with E-state index >= 15 is 0 Å². The molecule has 0 bridgehead atoms. The maximum atomic E-state index is 13.6. The van der Waals surface area contributed by atoms with Gasteiger partial charge in [-0.15, -0.1) is 0 Å². The minimum atomic E-state index is -0.530. The number of anilines is 1. The average molecular weight is 241 g/mol. The van der Waals surface area contributed by atoms with E-state index in [1.54, 1.807) is 13.8 Å². The van der Waals surface area contributed by atoms with Gasteiger partial charge >= 0.3 is 0 Å². The van der Waals surface area contributed by atoms with Gasteiger partial charge in [0, 0.05) is 6.20 Å². The molecule has 0 saturated carbocycles. The monoisotopic (exact) mass is 240 g/mol. The van der Waals surface area contributed by atoms with Crippen LogP contribution in [0.5, 0.6) is 0 Å². The molecule has 0 saturated heterocycles. The van der Waals surface area contributed by atoms with Crippen LogP contribution in [0.4, 0.5) is 10.1 Å². The fourth-order valence-electron chi connectivity index (χ4n) is 1.42. The molecule has 0 atom stereocenters. The van der Waals surface area contributed by atoms with Crippen LogP contribution in [0.3, 0.4) is 0 Å². The molecule has 0 spiro atoms. The van der Waals surface area contributed by atoms with E-state index in [-0.39, 0.29) is 10.8 Å². The minimum Gasteiger partial charge on any atom is -0.396 e. The van der Waals surface area contributed by atoms with E-state index in [9.17, 15) is 4.39 Å². The normalized spacial score (nSPS) is 10.8. The Morgan fingerprint density at radius 1 is 1.44 bits per heavy atom. The maximum absolute atomic E-state index is 13.6. The number of aryl methyl sites for hydroxylation is 1. The second kappa shape index (κ2) is 3.75. The van der Waals surface area contributed by atoms with E-state index in [2.05, 4.69) is 10.1 Å². The van der Waals surface area contributed by atoms with E-state index in [4.69, 9.17) is 17.3 Å². The van der Waals surface area contributed by atoms with Gasteiger partial charge in [-0.25, -0.2) is 14.1 Å². The third-order valence-corrected chi connectivity index (χ3v) is 2.54. The summed E-state index contributed by atoms with van der Waals surface area (Å²) in [5, 5.41) is 4.36. The molecule has 0 aliphatic rings. The van der Waals surface area contributed by atoms with Crippen molar-refractivity contribution in [3.05, 3.63) is 34.5 Å². The molecule has 84 valence electrons. The summed E-state index contributed by atoms with van der Waals surface area (Å²) in [7, 11) is 0. The predicted molar refractivity (Wildman–Crippen MR) is 60.2 cm³/mol. The van der Waals surface area contributed by atoms with Gasteiger partial charge in [0.25, 0.3) is 0 Å². The summed E-state index contributed by atoms with van der Waals surface area (Å²) in [5.74, 6) is -0.431. The zero-order valence-corrected chi connectivity index (χ0v) is 9.59. The van der Waals surface area contributed by atoms with Crippen LogP contribution in [0.1, 0.15) is 11.4 Å². The molecule has 6 heteroatoms. The molecule has 4 nitrogen and oxygen atoms in total. The number of pyridine rings is 1. The van der Waals surface area contributed by atoms with Crippen molar-refractivity contribution in [3.63, 3.8) is 0 Å². The molecule has 0 aliphatic carbocycles. The number of rotatable bonds is 1. The number of nitrogens with zero attached hydrogens (tertiary/aromatic N) is 3. The summed E-state index contributed by atoms with van der Waals surface area (Å²) in [5.41, 5.74) is 7.60. The summed E-state index contributed by atoms with van der Waals surface area (Å²) in [4.78, 5) is 3.90. The molecule has 0 unspecified atom stereocenters. The Morgan fingerprint density at radius 2 is 2.12 bits per heavy atom. The lowest BCUT2D eigenvalue weighted by molar-refractivity contribution is 0.597. The number of halogens is 2. The molecule has 2 N–H and O–H groups in total. The van der Waals surface area contributed by atoms with Crippen molar-refractivity contribution in [1.29, 1.82) is 0 Å². The first-order chi connectivity index (χ1) is 7.50. The SMILES string of the molecule is Cc1nn(-c2ncc(Cl)cc2F)c(C)c1N. The Bertz CT molecular complexity index is 550. The number of hydrogen-bond donors (Lipinski definition) is 1. The van der Waals surface area contributed by atoms with Crippen LogP contribution in [0, 0.1) is 19.7 Å². The molecule has 2 heterocycles. The molecule has 0 aliphatic heterocycles. The molecular formula is C10H10ClFN4. The summed E-state index contributed by atoms with van der Waals surface area (Å²) in [6, 6.07) is 1.19.